The first-order chi connectivity index (χ1) is 12.6. The van der Waals surface area contributed by atoms with E-state index in [2.05, 4.69) is 19.9 Å². The number of hydrogen-bond donors (Lipinski definition) is 2. The van der Waals surface area contributed by atoms with E-state index in [0.717, 1.165) is 32.1 Å². The average Bonchev–Trinajstić information content (AvgIpc) is 2.90. The van der Waals surface area contributed by atoms with Crippen LogP contribution in [0.2, 0.25) is 0 Å². The smallest absolute Gasteiger partial charge is 0.0659 e. The molecule has 0 saturated heterocycles. The Morgan fingerprint density at radius 2 is 1.73 bits per heavy atom. The molecule has 5 atom stereocenters. The van der Waals surface area contributed by atoms with Crippen molar-refractivity contribution in [1.29, 1.82) is 5.26 Å². The van der Waals surface area contributed by atoms with Gasteiger partial charge >= 0.3 is 0 Å². The molecule has 0 radical (unpaired) electrons. The zero-order valence-electron chi connectivity index (χ0n) is 17.1. The van der Waals surface area contributed by atoms with E-state index in [1.165, 1.54) is 51.4 Å². The lowest BCUT2D eigenvalue weighted by atomic mass is 9.62. The van der Waals surface area contributed by atoms with Gasteiger partial charge in [0.25, 0.3) is 0 Å². The normalized spacial score (nSPS) is 31.3. The fourth-order valence-electron chi connectivity index (χ4n) is 5.55. The summed E-state index contributed by atoms with van der Waals surface area (Å²) in [5.41, 5.74) is 0.183. The number of aliphatic hydroxyl groups is 2. The maximum atomic E-state index is 10.6. The zero-order chi connectivity index (χ0) is 19.0. The van der Waals surface area contributed by atoms with Gasteiger partial charge in [0.05, 0.1) is 24.2 Å². The molecule has 150 valence electrons. The van der Waals surface area contributed by atoms with E-state index < -0.39 is 0 Å². The Balaban J connectivity index is 1.79. The molecular formula is C23H41NO2. The van der Waals surface area contributed by atoms with Crippen LogP contribution in [0, 0.1) is 34.5 Å². The quantitative estimate of drug-likeness (QED) is 0.444. The van der Waals surface area contributed by atoms with Crippen LogP contribution < -0.4 is 0 Å². The second-order valence-corrected chi connectivity index (χ2v) is 9.09. The molecule has 3 nitrogen and oxygen atoms in total. The van der Waals surface area contributed by atoms with Crippen molar-refractivity contribution < 1.29 is 10.2 Å². The maximum absolute atomic E-state index is 10.6. The van der Waals surface area contributed by atoms with Crippen LogP contribution in [0.5, 0.6) is 0 Å². The minimum Gasteiger partial charge on any atom is -0.393 e. The molecule has 0 aromatic heterocycles. The summed E-state index contributed by atoms with van der Waals surface area (Å²) in [5, 5.41) is 30.7. The Morgan fingerprint density at radius 3 is 2.31 bits per heavy atom. The summed E-state index contributed by atoms with van der Waals surface area (Å²) < 4.78 is 0. The third kappa shape index (κ3) is 5.23. The van der Waals surface area contributed by atoms with E-state index in [-0.39, 0.29) is 29.5 Å². The molecule has 0 aromatic carbocycles. The Kier molecular flexibility index (Phi) is 8.91. The fraction of sp³-hybridized carbons (Fsp3) is 0.957. The molecule has 0 aliphatic heterocycles. The summed E-state index contributed by atoms with van der Waals surface area (Å²) in [4.78, 5) is 0. The monoisotopic (exact) mass is 363 g/mol. The summed E-state index contributed by atoms with van der Waals surface area (Å²) >= 11 is 0. The Morgan fingerprint density at radius 1 is 1.04 bits per heavy atom. The van der Waals surface area contributed by atoms with Crippen LogP contribution in [0.3, 0.4) is 0 Å². The van der Waals surface area contributed by atoms with E-state index in [0.29, 0.717) is 12.3 Å². The van der Waals surface area contributed by atoms with Gasteiger partial charge in [-0.05, 0) is 62.2 Å². The van der Waals surface area contributed by atoms with Crippen LogP contribution in [0.25, 0.3) is 0 Å². The first-order valence-electron chi connectivity index (χ1n) is 11.3. The van der Waals surface area contributed by atoms with Gasteiger partial charge in [-0.3, -0.25) is 0 Å². The summed E-state index contributed by atoms with van der Waals surface area (Å²) in [6, 6.07) is 2.47. The maximum Gasteiger partial charge on any atom is 0.0659 e. The van der Waals surface area contributed by atoms with Gasteiger partial charge in [0.15, 0.2) is 0 Å². The van der Waals surface area contributed by atoms with Gasteiger partial charge in [-0.15, -0.1) is 0 Å². The third-order valence-corrected chi connectivity index (χ3v) is 7.64. The van der Waals surface area contributed by atoms with Crippen LogP contribution in [0.4, 0.5) is 0 Å². The van der Waals surface area contributed by atoms with Gasteiger partial charge in [-0.1, -0.05) is 58.8 Å². The van der Waals surface area contributed by atoms with Crippen molar-refractivity contribution in [3.8, 4) is 6.07 Å². The van der Waals surface area contributed by atoms with Gasteiger partial charge in [0.2, 0.25) is 0 Å². The van der Waals surface area contributed by atoms with E-state index in [9.17, 15) is 15.5 Å². The van der Waals surface area contributed by atoms with Crippen molar-refractivity contribution in [2.24, 2.45) is 23.2 Å². The largest absolute Gasteiger partial charge is 0.393 e. The molecule has 26 heavy (non-hydrogen) atoms. The molecule has 2 fully saturated rings. The Labute approximate surface area is 161 Å². The lowest BCUT2D eigenvalue weighted by molar-refractivity contribution is -0.0444. The minimum atomic E-state index is -0.318. The minimum absolute atomic E-state index is 0.0275. The van der Waals surface area contributed by atoms with Crippen LogP contribution in [-0.2, 0) is 0 Å². The molecule has 0 amide bonds. The molecule has 0 heterocycles. The zero-order valence-corrected chi connectivity index (χ0v) is 17.1. The van der Waals surface area contributed by atoms with Crippen molar-refractivity contribution in [2.75, 3.05) is 0 Å². The highest BCUT2D eigenvalue weighted by Gasteiger charge is 2.43. The van der Waals surface area contributed by atoms with Crippen LogP contribution >= 0.6 is 0 Å². The standard InChI is InChI=1S/C23H41NO2/c1-3-5-6-7-8-11-19-18(17-24)16-21(25)20(19)12-9-13-22(26)23(4-2)14-10-15-23/h18-22,25-26H,3-16H2,1-2H3/t18?,19-,20?,21+,22?/m0/s1. The molecule has 2 aliphatic rings. The molecule has 2 aliphatic carbocycles. The first kappa shape index (κ1) is 21.7. The topological polar surface area (TPSA) is 64.2 Å². The number of aliphatic hydroxyl groups excluding tert-OH is 2. The van der Waals surface area contributed by atoms with Crippen molar-refractivity contribution in [1.82, 2.24) is 0 Å². The first-order valence-corrected chi connectivity index (χ1v) is 11.3. The third-order valence-electron chi connectivity index (χ3n) is 7.64. The molecule has 2 saturated carbocycles. The lowest BCUT2D eigenvalue weighted by Gasteiger charge is -2.45. The second kappa shape index (κ2) is 10.7. The molecule has 3 unspecified atom stereocenters. The number of rotatable bonds is 12. The number of unbranched alkanes of at least 4 members (excludes halogenated alkanes) is 4. The van der Waals surface area contributed by atoms with Crippen molar-refractivity contribution in [3.63, 3.8) is 0 Å². The van der Waals surface area contributed by atoms with Crippen molar-refractivity contribution in [2.45, 2.75) is 116 Å². The molecule has 2 rings (SSSR count). The SMILES string of the molecule is CCCCCCC[C@H]1C(C#N)C[C@@H](O)C1CCCC(O)C1(CC)CCC1. The summed E-state index contributed by atoms with van der Waals surface area (Å²) in [6.45, 7) is 4.44. The highest BCUT2D eigenvalue weighted by Crippen LogP contribution is 2.48. The van der Waals surface area contributed by atoms with Crippen molar-refractivity contribution >= 4 is 0 Å². The van der Waals surface area contributed by atoms with Crippen molar-refractivity contribution in [3.05, 3.63) is 0 Å². The van der Waals surface area contributed by atoms with E-state index in [4.69, 9.17) is 0 Å². The average molecular weight is 364 g/mol. The highest BCUT2D eigenvalue weighted by atomic mass is 16.3. The number of nitriles is 1. The van der Waals surface area contributed by atoms with Gasteiger partial charge < -0.3 is 10.2 Å². The molecule has 0 bridgehead atoms. The Hall–Kier alpha value is -0.590. The molecule has 2 N–H and O–H groups in total. The number of nitrogens with zero attached hydrogens (tertiary/aromatic N) is 1. The second-order valence-electron chi connectivity index (χ2n) is 9.09. The predicted octanol–water partition coefficient (Wildman–Crippen LogP) is 5.60. The lowest BCUT2D eigenvalue weighted by Crippen LogP contribution is -2.40. The van der Waals surface area contributed by atoms with Gasteiger partial charge in [0.1, 0.15) is 0 Å². The van der Waals surface area contributed by atoms with Crippen LogP contribution in [-0.4, -0.2) is 22.4 Å². The van der Waals surface area contributed by atoms with Gasteiger partial charge in [-0.2, -0.15) is 5.26 Å². The van der Waals surface area contributed by atoms with Crippen LogP contribution in [0.15, 0.2) is 0 Å². The van der Waals surface area contributed by atoms with E-state index in [1.807, 2.05) is 0 Å². The van der Waals surface area contributed by atoms with E-state index in [1.54, 1.807) is 0 Å². The number of hydrogen-bond acceptors (Lipinski definition) is 3. The summed E-state index contributed by atoms with van der Waals surface area (Å²) in [6.07, 6.45) is 15.0. The van der Waals surface area contributed by atoms with Crippen LogP contribution in [0.1, 0.15) is 104 Å². The fourth-order valence-corrected chi connectivity index (χ4v) is 5.55. The van der Waals surface area contributed by atoms with Gasteiger partial charge in [0, 0.05) is 0 Å². The highest BCUT2D eigenvalue weighted by molar-refractivity contribution is 5.00. The van der Waals surface area contributed by atoms with Gasteiger partial charge in [-0.25, -0.2) is 0 Å². The Bertz CT molecular complexity index is 434. The molecule has 0 spiro atoms. The predicted molar refractivity (Wildman–Crippen MR) is 107 cm³/mol. The summed E-state index contributed by atoms with van der Waals surface area (Å²) in [7, 11) is 0. The molecule has 0 aromatic rings. The molecular weight excluding hydrogens is 322 g/mol. The van der Waals surface area contributed by atoms with E-state index >= 15 is 0 Å². The molecule has 3 heteroatoms. The summed E-state index contributed by atoms with van der Waals surface area (Å²) in [5.74, 6) is 0.648.